The summed E-state index contributed by atoms with van der Waals surface area (Å²) in [5.41, 5.74) is 1.60. The Kier molecular flexibility index (Phi) is 7.16. The van der Waals surface area contributed by atoms with Gasteiger partial charge in [-0.15, -0.1) is 0 Å². The van der Waals surface area contributed by atoms with Crippen molar-refractivity contribution in [3.05, 3.63) is 30.1 Å². The maximum atomic E-state index is 12.8. The Bertz CT molecular complexity index is 834. The van der Waals surface area contributed by atoms with Gasteiger partial charge in [0.05, 0.1) is 33.6 Å². The molecule has 1 aliphatic rings. The summed E-state index contributed by atoms with van der Waals surface area (Å²) in [7, 11) is 4.60. The number of likely N-dealkylation sites (tertiary alicyclic amines) is 1. The molecule has 3 rings (SSSR count). The number of hydrogen-bond acceptors (Lipinski definition) is 7. The Morgan fingerprint density at radius 3 is 2.37 bits per heavy atom. The summed E-state index contributed by atoms with van der Waals surface area (Å²) in [5, 5.41) is 2.90. The first-order valence-electron chi connectivity index (χ1n) is 9.91. The molecule has 1 atom stereocenters. The van der Waals surface area contributed by atoms with Crippen LogP contribution in [0.5, 0.6) is 23.3 Å². The number of piperidine rings is 1. The minimum Gasteiger partial charge on any atom is -0.493 e. The Hall–Kier alpha value is -3.23. The van der Waals surface area contributed by atoms with Crippen molar-refractivity contribution in [3.8, 4) is 23.3 Å². The van der Waals surface area contributed by atoms with Crippen LogP contribution in [0.1, 0.15) is 25.3 Å². The number of amides is 2. The number of carbonyl (C=O) groups is 1. The number of ether oxygens (including phenoxy) is 4. The molecule has 2 aromatic rings. The van der Waals surface area contributed by atoms with Gasteiger partial charge in [-0.1, -0.05) is 6.92 Å². The lowest BCUT2D eigenvalue weighted by atomic mass is 10.1. The molecule has 1 aliphatic heterocycles. The summed E-state index contributed by atoms with van der Waals surface area (Å²) in [5.74, 6) is 1.41. The number of methoxy groups -OCH3 is 3. The van der Waals surface area contributed by atoms with E-state index in [-0.39, 0.29) is 12.1 Å². The molecular formula is C21H28N4O5. The van der Waals surface area contributed by atoms with Crippen LogP contribution in [0.2, 0.25) is 0 Å². The average molecular weight is 416 g/mol. The molecular weight excluding hydrogens is 388 g/mol. The monoisotopic (exact) mass is 416 g/mol. The first-order valence-corrected chi connectivity index (χ1v) is 9.91. The molecule has 1 saturated heterocycles. The molecule has 1 unspecified atom stereocenters. The molecule has 9 heteroatoms. The van der Waals surface area contributed by atoms with E-state index in [4.69, 9.17) is 18.9 Å². The van der Waals surface area contributed by atoms with Gasteiger partial charge in [-0.2, -0.15) is 0 Å². The summed E-state index contributed by atoms with van der Waals surface area (Å²) in [6.07, 6.45) is 5.92. The number of aromatic nitrogens is 2. The zero-order valence-electron chi connectivity index (χ0n) is 17.8. The third-order valence-electron chi connectivity index (χ3n) is 4.94. The maximum Gasteiger partial charge on any atom is 0.321 e. The molecule has 1 fully saturated rings. The summed E-state index contributed by atoms with van der Waals surface area (Å²) in [6, 6.07) is 3.50. The highest BCUT2D eigenvalue weighted by Crippen LogP contribution is 2.40. The van der Waals surface area contributed by atoms with Crippen LogP contribution >= 0.6 is 0 Å². The lowest BCUT2D eigenvalue weighted by Gasteiger charge is -2.32. The number of nitrogens with one attached hydrogen (secondary N) is 1. The highest BCUT2D eigenvalue weighted by Gasteiger charge is 2.26. The molecule has 30 heavy (non-hydrogen) atoms. The number of nitrogens with zero attached hydrogens (tertiary/aromatic N) is 3. The minimum absolute atomic E-state index is 0.156. The zero-order valence-corrected chi connectivity index (χ0v) is 17.8. The van der Waals surface area contributed by atoms with Crippen LogP contribution < -0.4 is 24.3 Å². The van der Waals surface area contributed by atoms with Crippen LogP contribution in [-0.2, 0) is 6.42 Å². The largest absolute Gasteiger partial charge is 0.493 e. The number of anilines is 1. The van der Waals surface area contributed by atoms with E-state index in [2.05, 4.69) is 15.3 Å². The van der Waals surface area contributed by atoms with Crippen LogP contribution in [0.25, 0.3) is 0 Å². The smallest absolute Gasteiger partial charge is 0.321 e. The fourth-order valence-corrected chi connectivity index (χ4v) is 3.31. The van der Waals surface area contributed by atoms with Gasteiger partial charge in [0, 0.05) is 31.1 Å². The second kappa shape index (κ2) is 10.00. The van der Waals surface area contributed by atoms with Crippen molar-refractivity contribution in [1.82, 2.24) is 14.9 Å². The van der Waals surface area contributed by atoms with Crippen molar-refractivity contribution in [2.45, 2.75) is 32.3 Å². The first kappa shape index (κ1) is 21.5. The van der Waals surface area contributed by atoms with E-state index < -0.39 is 0 Å². The van der Waals surface area contributed by atoms with Crippen molar-refractivity contribution in [1.29, 1.82) is 0 Å². The molecule has 1 N–H and O–H groups in total. The molecule has 0 saturated carbocycles. The van der Waals surface area contributed by atoms with Crippen molar-refractivity contribution in [3.63, 3.8) is 0 Å². The second-order valence-electron chi connectivity index (χ2n) is 6.90. The number of rotatable bonds is 7. The van der Waals surface area contributed by atoms with E-state index in [1.54, 1.807) is 29.4 Å². The van der Waals surface area contributed by atoms with Gasteiger partial charge >= 0.3 is 12.0 Å². The topological polar surface area (TPSA) is 95.0 Å². The Morgan fingerprint density at radius 2 is 1.80 bits per heavy atom. The number of benzene rings is 1. The molecule has 162 valence electrons. The van der Waals surface area contributed by atoms with Gasteiger partial charge in [0.25, 0.3) is 0 Å². The zero-order chi connectivity index (χ0) is 21.5. The summed E-state index contributed by atoms with van der Waals surface area (Å²) in [4.78, 5) is 23.0. The standard InChI is InChI=1S/C21H28N4O5/c1-5-14-11-22-20(23-12-14)30-16-7-6-8-25(13-16)21(26)24-15-9-17(27-2)19(29-4)18(10-15)28-3/h9-12,16H,5-8,13H2,1-4H3,(H,24,26). The van der Waals surface area contributed by atoms with Crippen LogP contribution in [0.4, 0.5) is 10.5 Å². The van der Waals surface area contributed by atoms with Gasteiger partial charge in [0.1, 0.15) is 6.10 Å². The Morgan fingerprint density at radius 1 is 1.13 bits per heavy atom. The van der Waals surface area contributed by atoms with Gasteiger partial charge in [0.15, 0.2) is 11.5 Å². The van der Waals surface area contributed by atoms with E-state index in [0.29, 0.717) is 42.0 Å². The molecule has 2 amide bonds. The highest BCUT2D eigenvalue weighted by molar-refractivity contribution is 5.90. The molecule has 0 radical (unpaired) electrons. The normalized spacial score (nSPS) is 16.0. The average Bonchev–Trinajstić information content (AvgIpc) is 2.79. The van der Waals surface area contributed by atoms with Crippen molar-refractivity contribution >= 4 is 11.7 Å². The number of aryl methyl sites for hydroxylation is 1. The fourth-order valence-electron chi connectivity index (χ4n) is 3.31. The van der Waals surface area contributed by atoms with Gasteiger partial charge < -0.3 is 29.2 Å². The molecule has 0 spiro atoms. The number of carbonyl (C=O) groups excluding carboxylic acids is 1. The maximum absolute atomic E-state index is 12.8. The molecule has 0 bridgehead atoms. The predicted molar refractivity (Wildman–Crippen MR) is 112 cm³/mol. The van der Waals surface area contributed by atoms with Crippen molar-refractivity contribution in [2.24, 2.45) is 0 Å². The third kappa shape index (κ3) is 5.03. The highest BCUT2D eigenvalue weighted by atomic mass is 16.5. The second-order valence-corrected chi connectivity index (χ2v) is 6.90. The van der Waals surface area contributed by atoms with E-state index in [1.165, 1.54) is 21.3 Å². The Labute approximate surface area is 176 Å². The summed E-state index contributed by atoms with van der Waals surface area (Å²) >= 11 is 0. The van der Waals surface area contributed by atoms with E-state index in [0.717, 1.165) is 24.8 Å². The first-order chi connectivity index (χ1) is 14.6. The predicted octanol–water partition coefficient (Wildman–Crippen LogP) is 3.14. The molecule has 2 heterocycles. The van der Waals surface area contributed by atoms with E-state index in [1.807, 2.05) is 6.92 Å². The number of urea groups is 1. The summed E-state index contributed by atoms with van der Waals surface area (Å²) in [6.45, 7) is 3.14. The molecule has 1 aromatic carbocycles. The van der Waals surface area contributed by atoms with Crippen LogP contribution in [0.3, 0.4) is 0 Å². The Balaban J connectivity index is 1.65. The van der Waals surface area contributed by atoms with Crippen molar-refractivity contribution in [2.75, 3.05) is 39.7 Å². The van der Waals surface area contributed by atoms with Crippen LogP contribution in [0, 0.1) is 0 Å². The van der Waals surface area contributed by atoms with Crippen molar-refractivity contribution < 1.29 is 23.7 Å². The van der Waals surface area contributed by atoms with E-state index >= 15 is 0 Å². The van der Waals surface area contributed by atoms with Gasteiger partial charge in [0.2, 0.25) is 5.75 Å². The SMILES string of the molecule is CCc1cnc(OC2CCCN(C(=O)Nc3cc(OC)c(OC)c(OC)c3)C2)nc1. The van der Waals surface area contributed by atoms with Gasteiger partial charge in [-0.05, 0) is 24.8 Å². The van der Waals surface area contributed by atoms with Gasteiger partial charge in [-0.25, -0.2) is 14.8 Å². The van der Waals surface area contributed by atoms with Gasteiger partial charge in [-0.3, -0.25) is 0 Å². The summed E-state index contributed by atoms with van der Waals surface area (Å²) < 4.78 is 21.9. The van der Waals surface area contributed by atoms with E-state index in [9.17, 15) is 4.79 Å². The molecule has 0 aliphatic carbocycles. The fraction of sp³-hybridized carbons (Fsp3) is 0.476. The lowest BCUT2D eigenvalue weighted by molar-refractivity contribution is 0.0982. The molecule has 1 aromatic heterocycles. The third-order valence-corrected chi connectivity index (χ3v) is 4.94. The quantitative estimate of drug-likeness (QED) is 0.741. The molecule has 9 nitrogen and oxygen atoms in total. The number of hydrogen-bond donors (Lipinski definition) is 1. The van der Waals surface area contributed by atoms with Crippen LogP contribution in [0.15, 0.2) is 24.5 Å². The lowest BCUT2D eigenvalue weighted by Crippen LogP contribution is -2.46. The minimum atomic E-state index is -0.222. The van der Waals surface area contributed by atoms with Crippen LogP contribution in [-0.4, -0.2) is 61.4 Å².